The van der Waals surface area contributed by atoms with E-state index in [0.29, 0.717) is 12.1 Å². The Morgan fingerprint density at radius 3 is 2.75 bits per heavy atom. The Labute approximate surface area is 165 Å². The van der Waals surface area contributed by atoms with E-state index in [-0.39, 0.29) is 43.8 Å². The molecule has 0 aromatic heterocycles. The minimum Gasteiger partial charge on any atom is -0.395 e. The van der Waals surface area contributed by atoms with E-state index in [9.17, 15) is 19.5 Å². The molecule has 2 N–H and O–H groups in total. The molecule has 3 atom stereocenters. The van der Waals surface area contributed by atoms with Gasteiger partial charge in [-0.15, -0.1) is 6.58 Å². The average molecular weight is 385 g/mol. The number of hydrogen-bond donors (Lipinski definition) is 2. The molecule has 0 saturated carbocycles. The smallest absolute Gasteiger partial charge is 0.253 e. The monoisotopic (exact) mass is 385 g/mol. The van der Waals surface area contributed by atoms with Gasteiger partial charge in [-0.05, 0) is 25.0 Å². The number of para-hydroxylation sites is 1. The molecule has 1 aromatic rings. The maximum atomic E-state index is 13.6. The summed E-state index contributed by atoms with van der Waals surface area (Å²) in [7, 11) is 1.57. The van der Waals surface area contributed by atoms with Crippen molar-refractivity contribution in [1.82, 2.24) is 10.2 Å². The predicted molar refractivity (Wildman–Crippen MR) is 106 cm³/mol. The number of aliphatic hydroxyl groups excluding tert-OH is 1. The molecule has 0 aliphatic carbocycles. The number of likely N-dealkylation sites (tertiary alicyclic amines) is 1. The van der Waals surface area contributed by atoms with Crippen molar-refractivity contribution in [3.8, 4) is 0 Å². The molecule has 0 spiro atoms. The summed E-state index contributed by atoms with van der Waals surface area (Å²) in [6.45, 7) is 5.53. The number of benzene rings is 1. The number of nitrogens with one attached hydrogen (secondary N) is 1. The topological polar surface area (TPSA) is 90.0 Å². The van der Waals surface area contributed by atoms with Crippen molar-refractivity contribution in [3.63, 3.8) is 0 Å². The quantitative estimate of drug-likeness (QED) is 0.716. The minimum atomic E-state index is -1.18. The summed E-state index contributed by atoms with van der Waals surface area (Å²) in [6.07, 6.45) is 2.41. The van der Waals surface area contributed by atoms with E-state index in [0.717, 1.165) is 5.56 Å². The molecular formula is C21H27N3O4. The second-order valence-electron chi connectivity index (χ2n) is 7.42. The van der Waals surface area contributed by atoms with E-state index in [2.05, 4.69) is 11.9 Å². The molecule has 7 heteroatoms. The number of carbonyl (C=O) groups is 3. The molecule has 2 heterocycles. The molecule has 3 rings (SSSR count). The van der Waals surface area contributed by atoms with Gasteiger partial charge >= 0.3 is 0 Å². The Morgan fingerprint density at radius 2 is 2.11 bits per heavy atom. The molecule has 7 nitrogen and oxygen atoms in total. The maximum Gasteiger partial charge on any atom is 0.253 e. The lowest BCUT2D eigenvalue weighted by Crippen LogP contribution is -2.62. The van der Waals surface area contributed by atoms with Gasteiger partial charge in [0.05, 0.1) is 12.5 Å². The van der Waals surface area contributed by atoms with Crippen LogP contribution in [-0.2, 0) is 14.4 Å². The predicted octanol–water partition coefficient (Wildman–Crippen LogP) is 1.04. The number of allylic oxidation sites excluding steroid dienone is 1. The third-order valence-corrected chi connectivity index (χ3v) is 5.96. The van der Waals surface area contributed by atoms with Gasteiger partial charge in [0.15, 0.2) is 0 Å². The number of β-amino-alcohol motifs (C(OH)–C–C–N with tert-alkyl or cyclic N) is 1. The Morgan fingerprint density at radius 1 is 1.39 bits per heavy atom. The zero-order chi connectivity index (χ0) is 20.5. The van der Waals surface area contributed by atoms with Crippen LogP contribution < -0.4 is 10.2 Å². The Hall–Kier alpha value is -2.67. The summed E-state index contributed by atoms with van der Waals surface area (Å²) in [4.78, 5) is 42.3. The van der Waals surface area contributed by atoms with Crippen LogP contribution >= 0.6 is 0 Å². The van der Waals surface area contributed by atoms with Crippen LogP contribution in [0.2, 0.25) is 0 Å². The molecule has 0 radical (unpaired) electrons. The Bertz CT molecular complexity index is 809. The lowest BCUT2D eigenvalue weighted by atomic mass is 9.71. The maximum absolute atomic E-state index is 13.6. The van der Waals surface area contributed by atoms with E-state index in [1.165, 1.54) is 4.90 Å². The highest BCUT2D eigenvalue weighted by Gasteiger charge is 2.63. The number of amides is 3. The van der Waals surface area contributed by atoms with Gasteiger partial charge in [-0.25, -0.2) is 0 Å². The van der Waals surface area contributed by atoms with Crippen LogP contribution in [0.5, 0.6) is 0 Å². The highest BCUT2D eigenvalue weighted by Crippen LogP contribution is 2.53. The van der Waals surface area contributed by atoms with Crippen molar-refractivity contribution in [1.29, 1.82) is 0 Å². The number of aliphatic hydroxyl groups is 1. The van der Waals surface area contributed by atoms with Gasteiger partial charge in [-0.1, -0.05) is 24.3 Å². The van der Waals surface area contributed by atoms with E-state index >= 15 is 0 Å². The van der Waals surface area contributed by atoms with Gasteiger partial charge in [0.25, 0.3) is 5.91 Å². The van der Waals surface area contributed by atoms with Gasteiger partial charge < -0.3 is 20.2 Å². The van der Waals surface area contributed by atoms with Gasteiger partial charge in [-0.3, -0.25) is 14.4 Å². The standard InChI is InChI=1S/C21H27N3O4/c1-4-5-10-17(26)24-13-15(19(27)22-3)18-14-8-6-7-9-16(14)23(11-12-25)20(28)21(18,24)2/h4,6-9,15,18,25H,1,5,10-13H2,2-3H3,(H,22,27)/t15-,18+,21-/m0/s1. The number of hydrogen-bond acceptors (Lipinski definition) is 4. The van der Waals surface area contributed by atoms with E-state index in [1.54, 1.807) is 24.9 Å². The number of nitrogens with zero attached hydrogens (tertiary/aromatic N) is 2. The van der Waals surface area contributed by atoms with Crippen molar-refractivity contribution in [2.75, 3.05) is 31.6 Å². The number of fused-ring (bicyclic) bond motifs is 3. The van der Waals surface area contributed by atoms with Crippen LogP contribution in [0.25, 0.3) is 0 Å². The first-order chi connectivity index (χ1) is 13.4. The van der Waals surface area contributed by atoms with E-state index in [4.69, 9.17) is 0 Å². The SMILES string of the molecule is C=CCCC(=O)N1C[C@H](C(=O)NC)[C@H]2c3ccccc3N(CCO)C(=O)[C@]21C. The lowest BCUT2D eigenvalue weighted by molar-refractivity contribution is -0.143. The first-order valence-electron chi connectivity index (χ1n) is 9.56. The highest BCUT2D eigenvalue weighted by atomic mass is 16.3. The fourth-order valence-corrected chi connectivity index (χ4v) is 4.66. The normalized spacial score (nSPS) is 25.9. The molecule has 2 aliphatic rings. The fourth-order valence-electron chi connectivity index (χ4n) is 4.66. The summed E-state index contributed by atoms with van der Waals surface area (Å²) in [5.74, 6) is -1.59. The summed E-state index contributed by atoms with van der Waals surface area (Å²) in [6, 6.07) is 7.43. The molecular weight excluding hydrogens is 358 g/mol. The molecule has 1 fully saturated rings. The second-order valence-corrected chi connectivity index (χ2v) is 7.42. The molecule has 2 aliphatic heterocycles. The number of anilines is 1. The Balaban J connectivity index is 2.16. The molecule has 3 amide bonds. The van der Waals surface area contributed by atoms with Crippen LogP contribution in [0.3, 0.4) is 0 Å². The third-order valence-electron chi connectivity index (χ3n) is 5.96. The van der Waals surface area contributed by atoms with Gasteiger partial charge in [0.2, 0.25) is 11.8 Å². The molecule has 0 unspecified atom stereocenters. The summed E-state index contributed by atoms with van der Waals surface area (Å²) in [5.41, 5.74) is 0.364. The first kappa shape index (κ1) is 20.1. The van der Waals surface area contributed by atoms with Crippen molar-refractivity contribution < 1.29 is 19.5 Å². The third kappa shape index (κ3) is 2.90. The van der Waals surface area contributed by atoms with Crippen LogP contribution in [-0.4, -0.2) is 60.0 Å². The van der Waals surface area contributed by atoms with Crippen molar-refractivity contribution >= 4 is 23.4 Å². The van der Waals surface area contributed by atoms with Gasteiger partial charge in [0.1, 0.15) is 5.54 Å². The van der Waals surface area contributed by atoms with Gasteiger partial charge in [0, 0.05) is 38.2 Å². The molecule has 0 bridgehead atoms. The first-order valence-corrected chi connectivity index (χ1v) is 9.56. The van der Waals surface area contributed by atoms with Crippen molar-refractivity contribution in [2.24, 2.45) is 5.92 Å². The molecule has 1 aromatic carbocycles. The minimum absolute atomic E-state index is 0.136. The van der Waals surface area contributed by atoms with Gasteiger partial charge in [-0.2, -0.15) is 0 Å². The number of carbonyl (C=O) groups excluding carboxylic acids is 3. The lowest BCUT2D eigenvalue weighted by Gasteiger charge is -2.46. The van der Waals surface area contributed by atoms with Crippen LogP contribution in [0.1, 0.15) is 31.2 Å². The summed E-state index contributed by atoms with van der Waals surface area (Å²) < 4.78 is 0. The van der Waals surface area contributed by atoms with Crippen LogP contribution in [0.4, 0.5) is 5.69 Å². The van der Waals surface area contributed by atoms with Crippen molar-refractivity contribution in [2.45, 2.75) is 31.2 Å². The number of rotatable bonds is 6. The Kier molecular flexibility index (Phi) is 5.56. The van der Waals surface area contributed by atoms with Crippen LogP contribution in [0.15, 0.2) is 36.9 Å². The van der Waals surface area contributed by atoms with Crippen molar-refractivity contribution in [3.05, 3.63) is 42.5 Å². The molecule has 150 valence electrons. The van der Waals surface area contributed by atoms with Crippen LogP contribution in [0, 0.1) is 5.92 Å². The highest BCUT2D eigenvalue weighted by molar-refractivity contribution is 6.07. The fraction of sp³-hybridized carbons (Fsp3) is 0.476. The zero-order valence-corrected chi connectivity index (χ0v) is 16.4. The molecule has 1 saturated heterocycles. The van der Waals surface area contributed by atoms with E-state index < -0.39 is 17.4 Å². The van der Waals surface area contributed by atoms with E-state index in [1.807, 2.05) is 24.3 Å². The zero-order valence-electron chi connectivity index (χ0n) is 16.4. The largest absolute Gasteiger partial charge is 0.395 e. The second kappa shape index (κ2) is 7.75. The summed E-state index contributed by atoms with van der Waals surface area (Å²) in [5, 5.41) is 12.2. The average Bonchev–Trinajstić information content (AvgIpc) is 3.03. The molecule has 28 heavy (non-hydrogen) atoms. The summed E-state index contributed by atoms with van der Waals surface area (Å²) >= 11 is 0.